The Morgan fingerprint density at radius 1 is 1.20 bits per heavy atom. The third kappa shape index (κ3) is 5.30. The van der Waals surface area contributed by atoms with Crippen molar-refractivity contribution in [3.63, 3.8) is 0 Å². The van der Waals surface area contributed by atoms with Crippen molar-refractivity contribution in [3.8, 4) is 0 Å². The van der Waals surface area contributed by atoms with Gasteiger partial charge < -0.3 is 14.2 Å². The number of methoxy groups -OCH3 is 1. The van der Waals surface area contributed by atoms with Gasteiger partial charge in [0.25, 0.3) is 0 Å². The lowest BCUT2D eigenvalue weighted by atomic mass is 10.1. The molecule has 5 heteroatoms. The Labute approximate surface area is 123 Å². The van der Waals surface area contributed by atoms with Crippen LogP contribution in [0.1, 0.15) is 19.8 Å². The van der Waals surface area contributed by atoms with Crippen LogP contribution >= 0.6 is 0 Å². The van der Waals surface area contributed by atoms with E-state index >= 15 is 0 Å². The van der Waals surface area contributed by atoms with Crippen molar-refractivity contribution in [1.29, 1.82) is 0 Å². The second kappa shape index (κ2) is 8.95. The van der Waals surface area contributed by atoms with Crippen molar-refractivity contribution in [3.05, 3.63) is 0 Å². The maximum atomic E-state index is 5.87. The first-order chi connectivity index (χ1) is 9.79. The van der Waals surface area contributed by atoms with Crippen molar-refractivity contribution in [1.82, 2.24) is 9.80 Å². The second-order valence-corrected chi connectivity index (χ2v) is 5.89. The Morgan fingerprint density at radius 2 is 2.10 bits per heavy atom. The molecule has 0 radical (unpaired) electrons. The van der Waals surface area contributed by atoms with E-state index in [1.807, 2.05) is 0 Å². The maximum Gasteiger partial charge on any atom is 0.0704 e. The van der Waals surface area contributed by atoms with Gasteiger partial charge in [-0.05, 0) is 26.3 Å². The molecule has 2 atom stereocenters. The molecule has 0 aromatic rings. The number of rotatable bonds is 7. The van der Waals surface area contributed by atoms with Crippen LogP contribution in [0, 0.1) is 0 Å². The maximum absolute atomic E-state index is 5.87. The van der Waals surface area contributed by atoms with Crippen molar-refractivity contribution in [2.24, 2.45) is 0 Å². The Hall–Kier alpha value is -0.200. The van der Waals surface area contributed by atoms with Crippen LogP contribution in [0.25, 0.3) is 0 Å². The third-order valence-corrected chi connectivity index (χ3v) is 4.31. The van der Waals surface area contributed by atoms with Gasteiger partial charge in [-0.15, -0.1) is 0 Å². The van der Waals surface area contributed by atoms with Gasteiger partial charge in [-0.1, -0.05) is 0 Å². The van der Waals surface area contributed by atoms with Crippen molar-refractivity contribution in [2.45, 2.75) is 31.9 Å². The summed E-state index contributed by atoms with van der Waals surface area (Å²) in [5.41, 5.74) is 0. The normalized spacial score (nSPS) is 29.7. The van der Waals surface area contributed by atoms with Crippen LogP contribution in [-0.2, 0) is 14.2 Å². The molecule has 2 aliphatic rings. The number of ether oxygens (including phenoxy) is 3. The minimum Gasteiger partial charge on any atom is -0.382 e. The minimum absolute atomic E-state index is 0.390. The highest BCUT2D eigenvalue weighted by atomic mass is 16.5. The van der Waals surface area contributed by atoms with Gasteiger partial charge in [-0.2, -0.15) is 0 Å². The molecule has 0 aromatic heterocycles. The second-order valence-electron chi connectivity index (χ2n) is 5.89. The van der Waals surface area contributed by atoms with Crippen molar-refractivity contribution >= 4 is 0 Å². The molecule has 5 nitrogen and oxygen atoms in total. The number of likely N-dealkylation sites (tertiary alicyclic amines) is 1. The fourth-order valence-corrected chi connectivity index (χ4v) is 3.01. The predicted octanol–water partition coefficient (Wildman–Crippen LogP) is 0.835. The first-order valence-corrected chi connectivity index (χ1v) is 7.94. The summed E-state index contributed by atoms with van der Waals surface area (Å²) in [6.45, 7) is 11.1. The predicted molar refractivity (Wildman–Crippen MR) is 79.1 cm³/mol. The number of nitrogens with zero attached hydrogens (tertiary/aromatic N) is 2. The zero-order valence-corrected chi connectivity index (χ0v) is 13.1. The van der Waals surface area contributed by atoms with E-state index in [-0.39, 0.29) is 0 Å². The van der Waals surface area contributed by atoms with Crippen LogP contribution in [0.5, 0.6) is 0 Å². The summed E-state index contributed by atoms with van der Waals surface area (Å²) in [4.78, 5) is 5.09. The molecule has 2 aliphatic heterocycles. The molecule has 0 amide bonds. The van der Waals surface area contributed by atoms with Gasteiger partial charge in [-0.25, -0.2) is 0 Å². The summed E-state index contributed by atoms with van der Waals surface area (Å²) in [5, 5.41) is 0. The van der Waals surface area contributed by atoms with Gasteiger partial charge in [-0.3, -0.25) is 9.80 Å². The molecule has 20 heavy (non-hydrogen) atoms. The SMILES string of the molecule is COCCO[C@@H]1CCCN(CCN2CCOC[C@H]2C)C1. The molecule has 2 rings (SSSR count). The van der Waals surface area contributed by atoms with Crippen LogP contribution in [0.3, 0.4) is 0 Å². The fourth-order valence-electron chi connectivity index (χ4n) is 3.01. The van der Waals surface area contributed by atoms with Crippen molar-refractivity contribution in [2.75, 3.05) is 66.3 Å². The molecule has 0 aliphatic carbocycles. The highest BCUT2D eigenvalue weighted by molar-refractivity contribution is 4.77. The molecule has 0 saturated carbocycles. The zero-order valence-electron chi connectivity index (χ0n) is 13.1. The van der Waals surface area contributed by atoms with Crippen LogP contribution in [0.2, 0.25) is 0 Å². The molecule has 2 fully saturated rings. The quantitative estimate of drug-likeness (QED) is 0.648. The lowest BCUT2D eigenvalue weighted by Crippen LogP contribution is -2.49. The van der Waals surface area contributed by atoms with E-state index in [4.69, 9.17) is 14.2 Å². The summed E-state index contributed by atoms with van der Waals surface area (Å²) in [6.07, 6.45) is 2.82. The average Bonchev–Trinajstić information content (AvgIpc) is 2.47. The Kier molecular flexibility index (Phi) is 7.24. The number of hydrogen-bond donors (Lipinski definition) is 0. The summed E-state index contributed by atoms with van der Waals surface area (Å²) in [5.74, 6) is 0. The van der Waals surface area contributed by atoms with E-state index in [2.05, 4.69) is 16.7 Å². The monoisotopic (exact) mass is 286 g/mol. The first kappa shape index (κ1) is 16.2. The van der Waals surface area contributed by atoms with E-state index in [0.29, 0.717) is 18.8 Å². The molecule has 0 unspecified atom stereocenters. The largest absolute Gasteiger partial charge is 0.382 e. The van der Waals surface area contributed by atoms with Gasteiger partial charge in [0.2, 0.25) is 0 Å². The van der Waals surface area contributed by atoms with E-state index in [0.717, 1.165) is 46.0 Å². The average molecular weight is 286 g/mol. The van der Waals surface area contributed by atoms with Crippen LogP contribution in [-0.4, -0.2) is 88.2 Å². The van der Waals surface area contributed by atoms with Gasteiger partial charge in [0.05, 0.1) is 32.5 Å². The number of hydrogen-bond acceptors (Lipinski definition) is 5. The lowest BCUT2D eigenvalue weighted by molar-refractivity contribution is -0.0303. The molecular weight excluding hydrogens is 256 g/mol. The number of piperidine rings is 1. The molecular formula is C15H30N2O3. The van der Waals surface area contributed by atoms with Gasteiger partial charge in [0, 0.05) is 39.3 Å². The van der Waals surface area contributed by atoms with E-state index < -0.39 is 0 Å². The third-order valence-electron chi connectivity index (χ3n) is 4.31. The van der Waals surface area contributed by atoms with Crippen LogP contribution in [0.4, 0.5) is 0 Å². The molecule has 118 valence electrons. The standard InChI is InChI=1S/C15H30N2O3/c1-14-13-19-9-8-17(14)7-6-16-5-3-4-15(12-16)20-11-10-18-2/h14-15H,3-13H2,1-2H3/t14-,15-/m1/s1. The molecule has 0 N–H and O–H groups in total. The highest BCUT2D eigenvalue weighted by Gasteiger charge is 2.23. The minimum atomic E-state index is 0.390. The van der Waals surface area contributed by atoms with Gasteiger partial charge in [0.1, 0.15) is 0 Å². The first-order valence-electron chi connectivity index (χ1n) is 7.94. The van der Waals surface area contributed by atoms with E-state index in [1.54, 1.807) is 7.11 Å². The molecule has 0 bridgehead atoms. The highest BCUT2D eigenvalue weighted by Crippen LogP contribution is 2.14. The fraction of sp³-hybridized carbons (Fsp3) is 1.00. The molecule has 2 saturated heterocycles. The summed E-state index contributed by atoms with van der Waals surface area (Å²) in [6, 6.07) is 0.558. The van der Waals surface area contributed by atoms with Crippen LogP contribution in [0.15, 0.2) is 0 Å². The lowest BCUT2D eigenvalue weighted by Gasteiger charge is -2.37. The summed E-state index contributed by atoms with van der Waals surface area (Å²) < 4.78 is 16.4. The topological polar surface area (TPSA) is 34.2 Å². The van der Waals surface area contributed by atoms with Crippen molar-refractivity contribution < 1.29 is 14.2 Å². The number of morpholine rings is 1. The summed E-state index contributed by atoms with van der Waals surface area (Å²) in [7, 11) is 1.72. The Bertz CT molecular complexity index is 266. The van der Waals surface area contributed by atoms with Crippen LogP contribution < -0.4 is 0 Å². The van der Waals surface area contributed by atoms with Gasteiger partial charge in [0.15, 0.2) is 0 Å². The smallest absolute Gasteiger partial charge is 0.0704 e. The zero-order chi connectivity index (χ0) is 14.2. The molecule has 0 aromatic carbocycles. The Balaban J connectivity index is 1.64. The van der Waals surface area contributed by atoms with Gasteiger partial charge >= 0.3 is 0 Å². The molecule has 0 spiro atoms. The van der Waals surface area contributed by atoms with E-state index in [1.165, 1.54) is 19.4 Å². The molecule has 2 heterocycles. The van der Waals surface area contributed by atoms with E-state index in [9.17, 15) is 0 Å². The summed E-state index contributed by atoms with van der Waals surface area (Å²) >= 11 is 0. The Morgan fingerprint density at radius 3 is 2.90 bits per heavy atom.